The van der Waals surface area contributed by atoms with Crippen molar-refractivity contribution in [3.63, 3.8) is 0 Å². The van der Waals surface area contributed by atoms with Crippen molar-refractivity contribution in [1.82, 2.24) is 5.32 Å². The van der Waals surface area contributed by atoms with Gasteiger partial charge in [-0.15, -0.1) is 0 Å². The second-order valence-electron chi connectivity index (χ2n) is 6.00. The SMILES string of the molecule is CC(C)(C)C(NC(=O)C(N)CC(N)=O)c1ccccc1. The second kappa shape index (κ2) is 6.52. The van der Waals surface area contributed by atoms with Gasteiger partial charge in [0.25, 0.3) is 0 Å². The molecular formula is C15H23N3O2. The Morgan fingerprint density at radius 3 is 2.20 bits per heavy atom. The lowest BCUT2D eigenvalue weighted by atomic mass is 9.82. The molecule has 0 radical (unpaired) electrons. The molecule has 2 unspecified atom stereocenters. The van der Waals surface area contributed by atoms with E-state index < -0.39 is 11.9 Å². The number of carbonyl (C=O) groups excluding carboxylic acids is 2. The number of nitrogens with one attached hydrogen (secondary N) is 1. The average molecular weight is 277 g/mol. The molecule has 0 aromatic heterocycles. The Morgan fingerprint density at radius 2 is 1.75 bits per heavy atom. The molecule has 2 atom stereocenters. The Morgan fingerprint density at radius 1 is 1.20 bits per heavy atom. The van der Waals surface area contributed by atoms with Crippen molar-refractivity contribution in [3.05, 3.63) is 35.9 Å². The van der Waals surface area contributed by atoms with E-state index in [0.717, 1.165) is 5.56 Å². The molecule has 1 aromatic rings. The molecule has 0 aliphatic rings. The molecule has 5 N–H and O–H groups in total. The summed E-state index contributed by atoms with van der Waals surface area (Å²) >= 11 is 0. The van der Waals surface area contributed by atoms with Crippen LogP contribution in [-0.4, -0.2) is 17.9 Å². The maximum atomic E-state index is 12.1. The van der Waals surface area contributed by atoms with Crippen LogP contribution < -0.4 is 16.8 Å². The van der Waals surface area contributed by atoms with Gasteiger partial charge < -0.3 is 16.8 Å². The van der Waals surface area contributed by atoms with E-state index in [1.807, 2.05) is 51.1 Å². The van der Waals surface area contributed by atoms with Crippen LogP contribution in [0.25, 0.3) is 0 Å². The maximum Gasteiger partial charge on any atom is 0.237 e. The molecule has 0 spiro atoms. The lowest BCUT2D eigenvalue weighted by molar-refractivity contribution is -0.127. The predicted octanol–water partition coefficient (Wildman–Crippen LogP) is 1.09. The van der Waals surface area contributed by atoms with Gasteiger partial charge in [0.2, 0.25) is 11.8 Å². The number of hydrogen-bond acceptors (Lipinski definition) is 3. The summed E-state index contributed by atoms with van der Waals surface area (Å²) in [6.45, 7) is 6.10. The molecule has 1 rings (SSSR count). The molecule has 0 bridgehead atoms. The number of benzene rings is 1. The van der Waals surface area contributed by atoms with E-state index in [2.05, 4.69) is 5.32 Å². The molecule has 5 nitrogen and oxygen atoms in total. The first-order valence-corrected chi connectivity index (χ1v) is 6.61. The van der Waals surface area contributed by atoms with Crippen LogP contribution in [0.5, 0.6) is 0 Å². The van der Waals surface area contributed by atoms with Crippen LogP contribution in [0.1, 0.15) is 38.8 Å². The van der Waals surface area contributed by atoms with Crippen LogP contribution in [-0.2, 0) is 9.59 Å². The van der Waals surface area contributed by atoms with Crippen molar-refractivity contribution in [2.75, 3.05) is 0 Å². The summed E-state index contributed by atoms with van der Waals surface area (Å²) in [5.41, 5.74) is 11.6. The summed E-state index contributed by atoms with van der Waals surface area (Å²) in [6.07, 6.45) is -0.155. The summed E-state index contributed by atoms with van der Waals surface area (Å²) in [5, 5.41) is 2.91. The van der Waals surface area contributed by atoms with Gasteiger partial charge in [0, 0.05) is 0 Å². The summed E-state index contributed by atoms with van der Waals surface area (Å²) < 4.78 is 0. The number of rotatable bonds is 5. The zero-order valence-electron chi connectivity index (χ0n) is 12.2. The largest absolute Gasteiger partial charge is 0.370 e. The van der Waals surface area contributed by atoms with Crippen molar-refractivity contribution in [2.24, 2.45) is 16.9 Å². The molecule has 0 aliphatic carbocycles. The van der Waals surface area contributed by atoms with Crippen LogP contribution in [0.15, 0.2) is 30.3 Å². The molecular weight excluding hydrogens is 254 g/mol. The second-order valence-corrected chi connectivity index (χ2v) is 6.00. The van der Waals surface area contributed by atoms with Gasteiger partial charge in [0.1, 0.15) is 0 Å². The van der Waals surface area contributed by atoms with Crippen LogP contribution in [0.4, 0.5) is 0 Å². The molecule has 0 saturated heterocycles. The molecule has 2 amide bonds. The van der Waals surface area contributed by atoms with E-state index >= 15 is 0 Å². The third kappa shape index (κ3) is 4.66. The van der Waals surface area contributed by atoms with E-state index in [1.54, 1.807) is 0 Å². The van der Waals surface area contributed by atoms with E-state index in [1.165, 1.54) is 0 Å². The maximum absolute atomic E-state index is 12.1. The fraction of sp³-hybridized carbons (Fsp3) is 0.467. The van der Waals surface area contributed by atoms with Crippen molar-refractivity contribution in [3.8, 4) is 0 Å². The molecule has 1 aromatic carbocycles. The Balaban J connectivity index is 2.87. The molecule has 5 heteroatoms. The lowest BCUT2D eigenvalue weighted by Gasteiger charge is -2.32. The molecule has 20 heavy (non-hydrogen) atoms. The van der Waals surface area contributed by atoms with E-state index in [4.69, 9.17) is 11.5 Å². The fourth-order valence-corrected chi connectivity index (χ4v) is 2.00. The predicted molar refractivity (Wildman–Crippen MR) is 78.6 cm³/mol. The third-order valence-electron chi connectivity index (χ3n) is 3.04. The first-order valence-electron chi connectivity index (χ1n) is 6.61. The van der Waals surface area contributed by atoms with Crippen molar-refractivity contribution in [2.45, 2.75) is 39.3 Å². The molecule has 0 aliphatic heterocycles. The Hall–Kier alpha value is -1.88. The van der Waals surface area contributed by atoms with E-state index in [0.29, 0.717) is 0 Å². The highest BCUT2D eigenvalue weighted by molar-refractivity contribution is 5.87. The Kier molecular flexibility index (Phi) is 5.27. The van der Waals surface area contributed by atoms with Gasteiger partial charge in [-0.05, 0) is 11.0 Å². The summed E-state index contributed by atoms with van der Waals surface area (Å²) in [6, 6.07) is 8.57. The topological polar surface area (TPSA) is 98.2 Å². The van der Waals surface area contributed by atoms with Crippen molar-refractivity contribution in [1.29, 1.82) is 0 Å². The number of hydrogen-bond donors (Lipinski definition) is 3. The highest BCUT2D eigenvalue weighted by Gasteiger charge is 2.29. The fourth-order valence-electron chi connectivity index (χ4n) is 2.00. The highest BCUT2D eigenvalue weighted by Crippen LogP contribution is 2.32. The lowest BCUT2D eigenvalue weighted by Crippen LogP contribution is -2.46. The van der Waals surface area contributed by atoms with Gasteiger partial charge in [-0.2, -0.15) is 0 Å². The van der Waals surface area contributed by atoms with Gasteiger partial charge in [-0.25, -0.2) is 0 Å². The van der Waals surface area contributed by atoms with Gasteiger partial charge in [-0.3, -0.25) is 9.59 Å². The molecule has 110 valence electrons. The third-order valence-corrected chi connectivity index (χ3v) is 3.04. The first-order chi connectivity index (χ1) is 9.21. The Labute approximate surface area is 119 Å². The minimum atomic E-state index is -0.916. The van der Waals surface area contributed by atoms with Crippen LogP contribution in [0.2, 0.25) is 0 Å². The summed E-state index contributed by atoms with van der Waals surface area (Å²) in [7, 11) is 0. The standard InChI is InChI=1S/C15H23N3O2/c1-15(2,3)13(10-7-5-4-6-8-10)18-14(20)11(16)9-12(17)19/h4-8,11,13H,9,16H2,1-3H3,(H2,17,19)(H,18,20). The quantitative estimate of drug-likeness (QED) is 0.751. The van der Waals surface area contributed by atoms with Gasteiger partial charge in [0.05, 0.1) is 18.5 Å². The van der Waals surface area contributed by atoms with E-state index in [-0.39, 0.29) is 23.8 Å². The van der Waals surface area contributed by atoms with Crippen molar-refractivity contribution >= 4 is 11.8 Å². The van der Waals surface area contributed by atoms with Crippen molar-refractivity contribution < 1.29 is 9.59 Å². The average Bonchev–Trinajstić information content (AvgIpc) is 2.34. The number of nitrogens with two attached hydrogens (primary N) is 2. The first kappa shape index (κ1) is 16.2. The normalized spacial score (nSPS) is 14.4. The molecule has 0 heterocycles. The molecule has 0 fully saturated rings. The van der Waals surface area contributed by atoms with Crippen LogP contribution in [0.3, 0.4) is 0 Å². The zero-order chi connectivity index (χ0) is 15.3. The van der Waals surface area contributed by atoms with Gasteiger partial charge in [-0.1, -0.05) is 51.1 Å². The molecule has 0 saturated carbocycles. The number of primary amides is 1. The minimum absolute atomic E-state index is 0.155. The smallest absolute Gasteiger partial charge is 0.237 e. The van der Waals surface area contributed by atoms with E-state index in [9.17, 15) is 9.59 Å². The summed E-state index contributed by atoms with van der Waals surface area (Å²) in [4.78, 5) is 22.9. The zero-order valence-corrected chi connectivity index (χ0v) is 12.2. The highest BCUT2D eigenvalue weighted by atomic mass is 16.2. The minimum Gasteiger partial charge on any atom is -0.370 e. The van der Waals surface area contributed by atoms with Crippen LogP contribution in [0, 0.1) is 5.41 Å². The number of carbonyl (C=O) groups is 2. The Bertz CT molecular complexity index is 466. The number of amides is 2. The monoisotopic (exact) mass is 277 g/mol. The van der Waals surface area contributed by atoms with Gasteiger partial charge >= 0.3 is 0 Å². The van der Waals surface area contributed by atoms with Crippen LogP contribution >= 0.6 is 0 Å². The summed E-state index contributed by atoms with van der Waals surface area (Å²) in [5.74, 6) is -0.952. The van der Waals surface area contributed by atoms with Gasteiger partial charge in [0.15, 0.2) is 0 Å².